The number of nitrogens with zero attached hydrogens (tertiary/aromatic N) is 1. The Morgan fingerprint density at radius 1 is 1.37 bits per heavy atom. The van der Waals surface area contributed by atoms with E-state index in [1.165, 1.54) is 18.9 Å². The van der Waals surface area contributed by atoms with Crippen molar-refractivity contribution in [3.63, 3.8) is 0 Å². The highest BCUT2D eigenvalue weighted by atomic mass is 19.1. The molecule has 0 aliphatic carbocycles. The van der Waals surface area contributed by atoms with Crippen molar-refractivity contribution in [2.45, 2.75) is 38.3 Å². The highest BCUT2D eigenvalue weighted by Gasteiger charge is 2.26. The van der Waals surface area contributed by atoms with E-state index >= 15 is 0 Å². The molecule has 0 saturated carbocycles. The quantitative estimate of drug-likeness (QED) is 0.889. The second-order valence-electron chi connectivity index (χ2n) is 5.19. The van der Waals surface area contributed by atoms with Gasteiger partial charge in [0.25, 0.3) is 0 Å². The van der Waals surface area contributed by atoms with Crippen molar-refractivity contribution in [3.05, 3.63) is 30.1 Å². The summed E-state index contributed by atoms with van der Waals surface area (Å²) in [5.41, 5.74) is 5.82. The third kappa shape index (κ3) is 3.67. The summed E-state index contributed by atoms with van der Waals surface area (Å²) in [5.74, 6) is 0.0287. The Morgan fingerprint density at radius 2 is 2.16 bits per heavy atom. The Hall–Kier alpha value is -1.13. The summed E-state index contributed by atoms with van der Waals surface area (Å²) in [5, 5.41) is 0. The second kappa shape index (κ2) is 6.87. The van der Waals surface area contributed by atoms with Crippen molar-refractivity contribution < 1.29 is 9.13 Å². The number of hydrogen-bond donors (Lipinski definition) is 1. The first-order chi connectivity index (χ1) is 9.22. The molecule has 1 aromatic rings. The van der Waals surface area contributed by atoms with Gasteiger partial charge in [-0.2, -0.15) is 0 Å². The molecular formula is C15H23FN2O. The van der Waals surface area contributed by atoms with E-state index in [-0.39, 0.29) is 5.82 Å². The molecule has 0 radical (unpaired) electrons. The number of halogens is 1. The minimum atomic E-state index is -0.301. The van der Waals surface area contributed by atoms with Gasteiger partial charge in [-0.15, -0.1) is 0 Å². The first-order valence-electron chi connectivity index (χ1n) is 7.05. The van der Waals surface area contributed by atoms with Crippen LogP contribution in [0.25, 0.3) is 0 Å². The molecule has 2 unspecified atom stereocenters. The van der Waals surface area contributed by atoms with Gasteiger partial charge in [0.1, 0.15) is 6.61 Å². The molecular weight excluding hydrogens is 243 g/mol. The molecule has 4 heteroatoms. The van der Waals surface area contributed by atoms with Gasteiger partial charge in [-0.3, -0.25) is 4.90 Å². The van der Waals surface area contributed by atoms with Crippen LogP contribution in [0.3, 0.4) is 0 Å². The van der Waals surface area contributed by atoms with Crippen molar-refractivity contribution in [2.75, 3.05) is 19.7 Å². The molecule has 1 heterocycles. The summed E-state index contributed by atoms with van der Waals surface area (Å²) in [7, 11) is 0. The molecule has 0 aromatic heterocycles. The Bertz CT molecular complexity index is 399. The molecule has 106 valence electrons. The Balaban J connectivity index is 1.85. The van der Waals surface area contributed by atoms with Crippen LogP contribution in [0.15, 0.2) is 24.3 Å². The molecule has 0 spiro atoms. The number of nitrogens with two attached hydrogens (primary N) is 1. The van der Waals surface area contributed by atoms with E-state index in [0.717, 1.165) is 13.0 Å². The van der Waals surface area contributed by atoms with Crippen LogP contribution in [0.2, 0.25) is 0 Å². The van der Waals surface area contributed by atoms with E-state index in [4.69, 9.17) is 10.5 Å². The maximum Gasteiger partial charge on any atom is 0.165 e. The first kappa shape index (κ1) is 14.3. The summed E-state index contributed by atoms with van der Waals surface area (Å²) in [6, 6.07) is 7.50. The van der Waals surface area contributed by atoms with Gasteiger partial charge < -0.3 is 10.5 Å². The molecule has 0 bridgehead atoms. The lowest BCUT2D eigenvalue weighted by Gasteiger charge is -2.40. The van der Waals surface area contributed by atoms with Gasteiger partial charge in [0.2, 0.25) is 0 Å². The monoisotopic (exact) mass is 266 g/mol. The lowest BCUT2D eigenvalue weighted by Crippen LogP contribution is -2.50. The van der Waals surface area contributed by atoms with E-state index in [1.54, 1.807) is 18.2 Å². The van der Waals surface area contributed by atoms with E-state index in [0.29, 0.717) is 31.0 Å². The zero-order valence-electron chi connectivity index (χ0n) is 11.5. The van der Waals surface area contributed by atoms with E-state index in [1.807, 2.05) is 0 Å². The number of para-hydroxylation sites is 1. The number of likely N-dealkylation sites (tertiary alicyclic amines) is 1. The topological polar surface area (TPSA) is 38.5 Å². The zero-order valence-corrected chi connectivity index (χ0v) is 11.5. The van der Waals surface area contributed by atoms with Crippen LogP contribution in [0, 0.1) is 5.82 Å². The molecule has 1 aliphatic rings. The largest absolute Gasteiger partial charge is 0.489 e. The summed E-state index contributed by atoms with van der Waals surface area (Å²) < 4.78 is 18.9. The van der Waals surface area contributed by atoms with Gasteiger partial charge in [0.05, 0.1) is 0 Å². The highest BCUT2D eigenvalue weighted by Crippen LogP contribution is 2.22. The van der Waals surface area contributed by atoms with Crippen molar-refractivity contribution in [1.82, 2.24) is 4.90 Å². The molecule has 2 rings (SSSR count). The van der Waals surface area contributed by atoms with Crippen molar-refractivity contribution in [3.8, 4) is 5.75 Å². The summed E-state index contributed by atoms with van der Waals surface area (Å²) in [4.78, 5) is 2.39. The second-order valence-corrected chi connectivity index (χ2v) is 5.19. The summed E-state index contributed by atoms with van der Waals surface area (Å²) in [6.45, 7) is 4.22. The van der Waals surface area contributed by atoms with Gasteiger partial charge in [0, 0.05) is 25.2 Å². The molecule has 1 aromatic carbocycles. The fourth-order valence-electron chi connectivity index (χ4n) is 2.82. The van der Waals surface area contributed by atoms with Crippen LogP contribution >= 0.6 is 0 Å². The van der Waals surface area contributed by atoms with E-state index < -0.39 is 0 Å². The average Bonchev–Trinajstić information content (AvgIpc) is 2.42. The van der Waals surface area contributed by atoms with Crippen molar-refractivity contribution in [2.24, 2.45) is 5.73 Å². The summed E-state index contributed by atoms with van der Waals surface area (Å²) >= 11 is 0. The number of piperidine rings is 1. The van der Waals surface area contributed by atoms with Gasteiger partial charge >= 0.3 is 0 Å². The van der Waals surface area contributed by atoms with Crippen molar-refractivity contribution in [1.29, 1.82) is 0 Å². The fourth-order valence-corrected chi connectivity index (χ4v) is 2.82. The molecule has 19 heavy (non-hydrogen) atoms. The van der Waals surface area contributed by atoms with Crippen LogP contribution in [0.5, 0.6) is 5.75 Å². The standard InChI is InChI=1S/C15H23FN2O/c1-12-5-4-6-13(11-17)18(12)9-10-19-15-8-3-2-7-14(15)16/h2-3,7-8,12-13H,4-6,9-11,17H2,1H3. The molecule has 1 aliphatic heterocycles. The van der Waals surface area contributed by atoms with Crippen LogP contribution in [-0.4, -0.2) is 36.7 Å². The number of hydrogen-bond acceptors (Lipinski definition) is 3. The predicted molar refractivity (Wildman–Crippen MR) is 74.8 cm³/mol. The first-order valence-corrected chi connectivity index (χ1v) is 7.05. The highest BCUT2D eigenvalue weighted by molar-refractivity contribution is 5.23. The van der Waals surface area contributed by atoms with Gasteiger partial charge in [-0.05, 0) is 31.9 Å². The summed E-state index contributed by atoms with van der Waals surface area (Å²) in [6.07, 6.45) is 3.60. The smallest absolute Gasteiger partial charge is 0.165 e. The average molecular weight is 266 g/mol. The van der Waals surface area contributed by atoms with Crippen LogP contribution in [0.4, 0.5) is 4.39 Å². The van der Waals surface area contributed by atoms with Crippen LogP contribution in [0.1, 0.15) is 26.2 Å². The normalized spacial score (nSPS) is 24.4. The Morgan fingerprint density at radius 3 is 2.89 bits per heavy atom. The lowest BCUT2D eigenvalue weighted by molar-refractivity contribution is 0.0792. The minimum Gasteiger partial charge on any atom is -0.489 e. The van der Waals surface area contributed by atoms with E-state index in [2.05, 4.69) is 11.8 Å². The van der Waals surface area contributed by atoms with Crippen LogP contribution in [-0.2, 0) is 0 Å². The third-order valence-electron chi connectivity index (χ3n) is 3.91. The number of rotatable bonds is 5. The Labute approximate surface area is 114 Å². The molecule has 2 N–H and O–H groups in total. The van der Waals surface area contributed by atoms with Gasteiger partial charge in [-0.1, -0.05) is 18.6 Å². The number of ether oxygens (including phenoxy) is 1. The van der Waals surface area contributed by atoms with Crippen molar-refractivity contribution >= 4 is 0 Å². The maximum absolute atomic E-state index is 13.4. The number of benzene rings is 1. The SMILES string of the molecule is CC1CCCC(CN)N1CCOc1ccccc1F. The molecule has 1 saturated heterocycles. The minimum absolute atomic E-state index is 0.301. The third-order valence-corrected chi connectivity index (χ3v) is 3.91. The molecule has 1 fully saturated rings. The van der Waals surface area contributed by atoms with Gasteiger partial charge in [0.15, 0.2) is 11.6 Å². The van der Waals surface area contributed by atoms with E-state index in [9.17, 15) is 4.39 Å². The predicted octanol–water partition coefficient (Wildman–Crippen LogP) is 2.41. The fraction of sp³-hybridized carbons (Fsp3) is 0.600. The van der Waals surface area contributed by atoms with Gasteiger partial charge in [-0.25, -0.2) is 4.39 Å². The zero-order chi connectivity index (χ0) is 13.7. The maximum atomic E-state index is 13.4. The molecule has 2 atom stereocenters. The molecule has 3 nitrogen and oxygen atoms in total. The Kier molecular flexibility index (Phi) is 5.16. The van der Waals surface area contributed by atoms with Crippen LogP contribution < -0.4 is 10.5 Å². The lowest BCUT2D eigenvalue weighted by atomic mass is 9.96. The molecule has 0 amide bonds.